The van der Waals surface area contributed by atoms with E-state index >= 15 is 0 Å². The average molecular weight is 462 g/mol. The van der Waals surface area contributed by atoms with E-state index in [2.05, 4.69) is 31.9 Å². The van der Waals surface area contributed by atoms with Crippen LogP contribution >= 0.6 is 31.9 Å². The predicted octanol–water partition coefficient (Wildman–Crippen LogP) is 4.58. The molecular weight excluding hydrogens is 444 g/mol. The number of ether oxygens (including phenoxy) is 1. The van der Waals surface area contributed by atoms with E-state index in [9.17, 15) is 9.59 Å². The van der Waals surface area contributed by atoms with E-state index in [1.165, 1.54) is 24.9 Å². The summed E-state index contributed by atoms with van der Waals surface area (Å²) in [5.41, 5.74) is 0.258. The van der Waals surface area contributed by atoms with Gasteiger partial charge < -0.3 is 4.74 Å². The standard InChI is InChI=1S/C16H18Br2N2O4/c1-16(2,3)24-15(22)20-8-10(14(21)19(4)23-5)9-6-11(17)12(18)7-13(9)20/h6-8H,1-5H3. The van der Waals surface area contributed by atoms with Gasteiger partial charge in [-0.1, -0.05) is 0 Å². The minimum absolute atomic E-state index is 0.341. The molecule has 0 fully saturated rings. The molecular formula is C16H18Br2N2O4. The Bertz CT molecular complexity index is 808. The molecule has 0 aliphatic carbocycles. The average Bonchev–Trinajstić information content (AvgIpc) is 2.83. The zero-order valence-electron chi connectivity index (χ0n) is 14.0. The fraction of sp³-hybridized carbons (Fsp3) is 0.375. The predicted molar refractivity (Wildman–Crippen MR) is 98.1 cm³/mol. The molecule has 0 atom stereocenters. The van der Waals surface area contributed by atoms with E-state index < -0.39 is 11.7 Å². The first kappa shape index (κ1) is 19.0. The van der Waals surface area contributed by atoms with Crippen LogP contribution in [0.25, 0.3) is 10.9 Å². The van der Waals surface area contributed by atoms with Crippen LogP contribution in [0.15, 0.2) is 27.3 Å². The molecule has 0 aliphatic rings. The molecule has 1 aromatic carbocycles. The summed E-state index contributed by atoms with van der Waals surface area (Å²) in [6.07, 6.45) is 0.913. The molecule has 24 heavy (non-hydrogen) atoms. The molecule has 2 aromatic rings. The number of rotatable bonds is 2. The lowest BCUT2D eigenvalue weighted by Crippen LogP contribution is -2.27. The minimum atomic E-state index is -0.645. The van der Waals surface area contributed by atoms with Gasteiger partial charge in [-0.15, -0.1) is 0 Å². The van der Waals surface area contributed by atoms with Crippen LogP contribution < -0.4 is 0 Å². The number of hydroxylamine groups is 2. The molecule has 0 N–H and O–H groups in total. The third kappa shape index (κ3) is 3.81. The van der Waals surface area contributed by atoms with Crippen molar-refractivity contribution in [2.45, 2.75) is 26.4 Å². The van der Waals surface area contributed by atoms with Gasteiger partial charge in [0, 0.05) is 27.6 Å². The van der Waals surface area contributed by atoms with E-state index in [4.69, 9.17) is 9.57 Å². The largest absolute Gasteiger partial charge is 0.443 e. The maximum atomic E-state index is 12.5. The van der Waals surface area contributed by atoms with Gasteiger partial charge in [-0.05, 0) is 64.8 Å². The number of carbonyl (C=O) groups excluding carboxylic acids is 2. The maximum absolute atomic E-state index is 12.5. The molecule has 8 heteroatoms. The first-order chi connectivity index (χ1) is 11.0. The van der Waals surface area contributed by atoms with Gasteiger partial charge in [-0.25, -0.2) is 9.86 Å². The summed E-state index contributed by atoms with van der Waals surface area (Å²) in [4.78, 5) is 30.0. The highest BCUT2D eigenvalue weighted by Crippen LogP contribution is 2.32. The highest BCUT2D eigenvalue weighted by molar-refractivity contribution is 9.13. The SMILES string of the molecule is CON(C)C(=O)c1cn(C(=O)OC(C)(C)C)c2cc(Br)c(Br)cc12. The molecule has 0 saturated carbocycles. The summed E-state index contributed by atoms with van der Waals surface area (Å²) in [5, 5.41) is 1.72. The van der Waals surface area contributed by atoms with Crippen molar-refractivity contribution in [3.8, 4) is 0 Å². The van der Waals surface area contributed by atoms with Crippen molar-refractivity contribution in [2.75, 3.05) is 14.2 Å². The van der Waals surface area contributed by atoms with Gasteiger partial charge in [0.25, 0.3) is 5.91 Å². The highest BCUT2D eigenvalue weighted by atomic mass is 79.9. The summed E-state index contributed by atoms with van der Waals surface area (Å²) < 4.78 is 8.28. The first-order valence-corrected chi connectivity index (χ1v) is 8.69. The molecule has 0 aliphatic heterocycles. The van der Waals surface area contributed by atoms with Crippen LogP contribution in [0.4, 0.5) is 4.79 Å². The van der Waals surface area contributed by atoms with Gasteiger partial charge in [0.1, 0.15) is 5.60 Å². The number of nitrogens with zero attached hydrogens (tertiary/aromatic N) is 2. The van der Waals surface area contributed by atoms with Crippen molar-refractivity contribution >= 4 is 54.8 Å². The van der Waals surface area contributed by atoms with Gasteiger partial charge in [-0.2, -0.15) is 0 Å². The number of hydrogen-bond acceptors (Lipinski definition) is 4. The molecule has 0 unspecified atom stereocenters. The summed E-state index contributed by atoms with van der Waals surface area (Å²) in [5.74, 6) is -0.362. The van der Waals surface area contributed by atoms with Crippen molar-refractivity contribution in [3.05, 3.63) is 32.8 Å². The van der Waals surface area contributed by atoms with E-state index in [0.29, 0.717) is 16.5 Å². The van der Waals surface area contributed by atoms with Gasteiger partial charge in [0.15, 0.2) is 0 Å². The Labute approximate surface area is 156 Å². The minimum Gasteiger partial charge on any atom is -0.443 e. The second-order valence-corrected chi connectivity index (χ2v) is 7.87. The van der Waals surface area contributed by atoms with Crippen LogP contribution in [0.1, 0.15) is 31.1 Å². The Kier molecular flexibility index (Phi) is 5.41. The van der Waals surface area contributed by atoms with Crippen molar-refractivity contribution in [1.29, 1.82) is 0 Å². The highest BCUT2D eigenvalue weighted by Gasteiger charge is 2.25. The maximum Gasteiger partial charge on any atom is 0.419 e. The van der Waals surface area contributed by atoms with Crippen LogP contribution in [0.2, 0.25) is 0 Å². The fourth-order valence-corrected chi connectivity index (χ4v) is 2.78. The molecule has 0 radical (unpaired) electrons. The van der Waals surface area contributed by atoms with E-state index in [1.807, 2.05) is 0 Å². The third-order valence-electron chi connectivity index (χ3n) is 3.23. The summed E-state index contributed by atoms with van der Waals surface area (Å²) in [7, 11) is 2.91. The van der Waals surface area contributed by atoms with Gasteiger partial charge in [-0.3, -0.25) is 14.2 Å². The molecule has 2 rings (SSSR count). The zero-order valence-corrected chi connectivity index (χ0v) is 17.2. The Hall–Kier alpha value is -1.38. The van der Waals surface area contributed by atoms with Crippen LogP contribution in [0.5, 0.6) is 0 Å². The van der Waals surface area contributed by atoms with Crippen LogP contribution in [0.3, 0.4) is 0 Å². The first-order valence-electron chi connectivity index (χ1n) is 7.10. The molecule has 1 aromatic heterocycles. The second-order valence-electron chi connectivity index (χ2n) is 6.16. The van der Waals surface area contributed by atoms with Crippen LogP contribution in [-0.2, 0) is 9.57 Å². The number of hydrogen-bond donors (Lipinski definition) is 0. The molecule has 130 valence electrons. The Morgan fingerprint density at radius 1 is 1.17 bits per heavy atom. The normalized spacial score (nSPS) is 11.6. The van der Waals surface area contributed by atoms with Crippen LogP contribution in [-0.4, -0.2) is 41.4 Å². The smallest absolute Gasteiger partial charge is 0.419 e. The summed E-state index contributed by atoms with van der Waals surface area (Å²) in [6, 6.07) is 3.53. The monoisotopic (exact) mass is 460 g/mol. The number of aromatic nitrogens is 1. The van der Waals surface area contributed by atoms with E-state index in [1.54, 1.807) is 32.9 Å². The Morgan fingerprint density at radius 3 is 2.29 bits per heavy atom. The number of carbonyl (C=O) groups is 2. The van der Waals surface area contributed by atoms with E-state index in [0.717, 1.165) is 14.0 Å². The molecule has 6 nitrogen and oxygen atoms in total. The molecule has 0 bridgehead atoms. The summed E-state index contributed by atoms with van der Waals surface area (Å²) >= 11 is 6.84. The molecule has 0 spiro atoms. The second kappa shape index (κ2) is 6.85. The molecule has 1 heterocycles. The molecule has 1 amide bonds. The van der Waals surface area contributed by atoms with Crippen molar-refractivity contribution in [2.24, 2.45) is 0 Å². The van der Waals surface area contributed by atoms with Crippen LogP contribution in [0, 0.1) is 0 Å². The number of fused-ring (bicyclic) bond motifs is 1. The van der Waals surface area contributed by atoms with Crippen molar-refractivity contribution in [1.82, 2.24) is 9.63 Å². The Balaban J connectivity index is 2.66. The molecule has 0 saturated heterocycles. The van der Waals surface area contributed by atoms with E-state index in [-0.39, 0.29) is 5.91 Å². The number of halogens is 2. The topological polar surface area (TPSA) is 60.8 Å². The number of amides is 1. The lowest BCUT2D eigenvalue weighted by atomic mass is 10.1. The quantitative estimate of drug-likeness (QED) is 0.614. The van der Waals surface area contributed by atoms with Crippen molar-refractivity contribution < 1.29 is 19.2 Å². The number of benzene rings is 1. The fourth-order valence-electron chi connectivity index (χ4n) is 2.10. The Morgan fingerprint density at radius 2 is 1.75 bits per heavy atom. The van der Waals surface area contributed by atoms with Gasteiger partial charge >= 0.3 is 6.09 Å². The lowest BCUT2D eigenvalue weighted by molar-refractivity contribution is -0.0755. The van der Waals surface area contributed by atoms with Crippen molar-refractivity contribution in [3.63, 3.8) is 0 Å². The lowest BCUT2D eigenvalue weighted by Gasteiger charge is -2.19. The van der Waals surface area contributed by atoms with Gasteiger partial charge in [0.2, 0.25) is 0 Å². The zero-order chi connectivity index (χ0) is 18.2. The summed E-state index contributed by atoms with van der Waals surface area (Å²) in [6.45, 7) is 5.36. The van der Waals surface area contributed by atoms with Gasteiger partial charge in [0.05, 0.1) is 18.2 Å². The third-order valence-corrected chi connectivity index (χ3v) is 5.07.